The molecule has 112 valence electrons. The van der Waals surface area contributed by atoms with E-state index in [0.29, 0.717) is 33.6 Å². The summed E-state index contributed by atoms with van der Waals surface area (Å²) in [6, 6.07) is 2.07. The molecule has 1 aliphatic carbocycles. The maximum atomic E-state index is 6.39. The number of nitrogens with zero attached hydrogens (tertiary/aromatic N) is 2. The lowest BCUT2D eigenvalue weighted by molar-refractivity contribution is -0.0922. The van der Waals surface area contributed by atoms with Crippen LogP contribution in [-0.2, 0) is 4.74 Å². The first kappa shape index (κ1) is 14.0. The van der Waals surface area contributed by atoms with Gasteiger partial charge in [0.05, 0.1) is 33.6 Å². The molecule has 1 saturated carbocycles. The lowest BCUT2D eigenvalue weighted by Crippen LogP contribution is -2.63. The van der Waals surface area contributed by atoms with Crippen molar-refractivity contribution < 1.29 is 4.74 Å². The van der Waals surface area contributed by atoms with Crippen molar-refractivity contribution in [3.05, 3.63) is 16.1 Å². The van der Waals surface area contributed by atoms with Crippen LogP contribution < -0.4 is 5.32 Å². The normalized spacial score (nSPS) is 30.2. The molecule has 0 amide bonds. The van der Waals surface area contributed by atoms with E-state index in [0.717, 1.165) is 36.0 Å². The van der Waals surface area contributed by atoms with Crippen LogP contribution in [0.25, 0.3) is 11.0 Å². The number of fused-ring (bicyclic) bond motifs is 2. The van der Waals surface area contributed by atoms with E-state index >= 15 is 0 Å². The van der Waals surface area contributed by atoms with Gasteiger partial charge in [0.2, 0.25) is 0 Å². The second-order valence-corrected chi connectivity index (χ2v) is 7.71. The van der Waals surface area contributed by atoms with Crippen molar-refractivity contribution >= 4 is 51.7 Å². The highest BCUT2D eigenvalue weighted by molar-refractivity contribution is 7.00. The maximum Gasteiger partial charge on any atom is 0.130 e. The Kier molecular flexibility index (Phi) is 3.12. The fourth-order valence-corrected chi connectivity index (χ4v) is 4.95. The van der Waals surface area contributed by atoms with Gasteiger partial charge in [-0.2, -0.15) is 8.75 Å². The summed E-state index contributed by atoms with van der Waals surface area (Å²) < 4.78 is 14.4. The van der Waals surface area contributed by atoms with Crippen molar-refractivity contribution in [1.29, 1.82) is 0 Å². The van der Waals surface area contributed by atoms with Crippen molar-refractivity contribution in [2.45, 2.75) is 32.4 Å². The van der Waals surface area contributed by atoms with E-state index in [-0.39, 0.29) is 5.41 Å². The summed E-state index contributed by atoms with van der Waals surface area (Å²) in [5, 5.41) is 4.74. The average Bonchev–Trinajstić information content (AvgIpc) is 3.05. The molecule has 2 fully saturated rings. The summed E-state index contributed by atoms with van der Waals surface area (Å²) in [5.74, 6) is 0.536. The van der Waals surface area contributed by atoms with E-state index in [2.05, 4.69) is 27.9 Å². The maximum absolute atomic E-state index is 6.39. The number of nitrogens with one attached hydrogen (secondary N) is 1. The fraction of sp³-hybridized carbons (Fsp3) is 0.571. The molecule has 4 nitrogen and oxygen atoms in total. The molecule has 2 aromatic rings. The van der Waals surface area contributed by atoms with Crippen LogP contribution >= 0.6 is 34.9 Å². The Morgan fingerprint density at radius 3 is 2.86 bits per heavy atom. The third kappa shape index (κ3) is 1.91. The number of hydrogen-bond acceptors (Lipinski definition) is 5. The standard InChI is InChI=1S/C14H15Cl2N3OS/c1-14(2)12(6-3-4-20-13(6)14)17-9-7(15)5-8(16)10-11(9)19-21-18-10/h5-6,12-13,17H,3-4H2,1-2H3. The summed E-state index contributed by atoms with van der Waals surface area (Å²) in [6.07, 6.45) is 1.43. The molecule has 0 bridgehead atoms. The minimum atomic E-state index is 0.0832. The highest BCUT2D eigenvalue weighted by Crippen LogP contribution is 2.54. The van der Waals surface area contributed by atoms with E-state index in [1.807, 2.05) is 0 Å². The molecule has 3 unspecified atom stereocenters. The van der Waals surface area contributed by atoms with Crippen LogP contribution in [0.2, 0.25) is 10.0 Å². The minimum absolute atomic E-state index is 0.0832. The zero-order valence-corrected chi connectivity index (χ0v) is 14.0. The van der Waals surface area contributed by atoms with Crippen molar-refractivity contribution in [3.63, 3.8) is 0 Å². The van der Waals surface area contributed by atoms with Gasteiger partial charge in [-0.3, -0.25) is 0 Å². The predicted molar refractivity (Wildman–Crippen MR) is 86.5 cm³/mol. The Morgan fingerprint density at radius 2 is 2.05 bits per heavy atom. The molecule has 0 spiro atoms. The van der Waals surface area contributed by atoms with E-state index < -0.39 is 0 Å². The van der Waals surface area contributed by atoms with E-state index in [1.54, 1.807) is 6.07 Å². The number of ether oxygens (including phenoxy) is 1. The molecule has 2 aliphatic rings. The topological polar surface area (TPSA) is 47.0 Å². The Bertz CT molecular complexity index is 718. The molecule has 21 heavy (non-hydrogen) atoms. The Balaban J connectivity index is 1.73. The van der Waals surface area contributed by atoms with Crippen molar-refractivity contribution in [2.75, 3.05) is 11.9 Å². The van der Waals surface area contributed by atoms with Gasteiger partial charge in [0.25, 0.3) is 0 Å². The molecule has 1 saturated heterocycles. The van der Waals surface area contributed by atoms with Crippen LogP contribution in [0.15, 0.2) is 6.07 Å². The lowest BCUT2D eigenvalue weighted by atomic mass is 9.57. The predicted octanol–water partition coefficient (Wildman–Crippen LogP) is 4.22. The zero-order valence-electron chi connectivity index (χ0n) is 11.7. The monoisotopic (exact) mass is 343 g/mol. The van der Waals surface area contributed by atoms with Gasteiger partial charge in [0.15, 0.2) is 0 Å². The van der Waals surface area contributed by atoms with E-state index in [9.17, 15) is 0 Å². The number of rotatable bonds is 2. The lowest BCUT2D eigenvalue weighted by Gasteiger charge is -2.55. The van der Waals surface area contributed by atoms with Crippen molar-refractivity contribution in [1.82, 2.24) is 8.75 Å². The first-order valence-electron chi connectivity index (χ1n) is 6.98. The molecular formula is C14H15Cl2N3OS. The summed E-state index contributed by atoms with van der Waals surface area (Å²) in [7, 11) is 0. The Hall–Kier alpha value is -0.620. The number of hydrogen-bond donors (Lipinski definition) is 1. The third-order valence-corrected chi connectivity index (χ3v) is 5.96. The van der Waals surface area contributed by atoms with Crippen LogP contribution in [-0.4, -0.2) is 27.5 Å². The van der Waals surface area contributed by atoms with Gasteiger partial charge in [-0.05, 0) is 12.5 Å². The molecule has 1 N–H and O–H groups in total. The van der Waals surface area contributed by atoms with Crippen LogP contribution in [0.1, 0.15) is 20.3 Å². The number of anilines is 1. The highest BCUT2D eigenvalue weighted by atomic mass is 35.5. The molecule has 1 aromatic heterocycles. The van der Waals surface area contributed by atoms with Crippen LogP contribution in [0.4, 0.5) is 5.69 Å². The number of halogens is 2. The number of aromatic nitrogens is 2. The molecule has 1 aliphatic heterocycles. The summed E-state index contributed by atoms with van der Waals surface area (Å²) in [4.78, 5) is 0. The second-order valence-electron chi connectivity index (χ2n) is 6.36. The Morgan fingerprint density at radius 1 is 1.29 bits per heavy atom. The molecule has 0 radical (unpaired) electrons. The molecule has 2 heterocycles. The van der Waals surface area contributed by atoms with Gasteiger partial charge < -0.3 is 10.1 Å². The van der Waals surface area contributed by atoms with Gasteiger partial charge in [0, 0.05) is 24.0 Å². The van der Waals surface area contributed by atoms with Gasteiger partial charge in [-0.25, -0.2) is 0 Å². The second kappa shape index (κ2) is 4.69. The molecular weight excluding hydrogens is 329 g/mol. The van der Waals surface area contributed by atoms with Gasteiger partial charge in [0.1, 0.15) is 11.0 Å². The summed E-state index contributed by atoms with van der Waals surface area (Å²) >= 11 is 13.7. The van der Waals surface area contributed by atoms with Crippen LogP contribution in [0, 0.1) is 11.3 Å². The first-order chi connectivity index (χ1) is 10.00. The zero-order chi connectivity index (χ0) is 14.8. The van der Waals surface area contributed by atoms with Crippen LogP contribution in [0.5, 0.6) is 0 Å². The molecule has 1 aromatic carbocycles. The van der Waals surface area contributed by atoms with E-state index in [4.69, 9.17) is 27.9 Å². The third-order valence-electron chi connectivity index (χ3n) is 4.84. The SMILES string of the molecule is CC1(C)C(Nc2c(Cl)cc(Cl)c3nsnc23)C2CCOC21. The summed E-state index contributed by atoms with van der Waals surface area (Å²) in [6.45, 7) is 5.31. The molecule has 4 rings (SSSR count). The van der Waals surface area contributed by atoms with Crippen LogP contribution in [0.3, 0.4) is 0 Å². The molecule has 7 heteroatoms. The van der Waals surface area contributed by atoms with Crippen molar-refractivity contribution in [3.8, 4) is 0 Å². The quantitative estimate of drug-likeness (QED) is 0.886. The Labute approximate surface area is 137 Å². The van der Waals surface area contributed by atoms with Crippen molar-refractivity contribution in [2.24, 2.45) is 11.3 Å². The first-order valence-corrected chi connectivity index (χ1v) is 8.47. The fourth-order valence-electron chi connectivity index (χ4n) is 3.78. The largest absolute Gasteiger partial charge is 0.378 e. The van der Waals surface area contributed by atoms with Gasteiger partial charge >= 0.3 is 0 Å². The smallest absolute Gasteiger partial charge is 0.130 e. The summed E-state index contributed by atoms with van der Waals surface area (Å²) in [5.41, 5.74) is 2.40. The number of benzene rings is 1. The van der Waals surface area contributed by atoms with Gasteiger partial charge in [-0.15, -0.1) is 0 Å². The average molecular weight is 344 g/mol. The minimum Gasteiger partial charge on any atom is -0.378 e. The molecule has 3 atom stereocenters. The van der Waals surface area contributed by atoms with Gasteiger partial charge in [-0.1, -0.05) is 37.0 Å². The highest BCUT2D eigenvalue weighted by Gasteiger charge is 2.59. The van der Waals surface area contributed by atoms with E-state index in [1.165, 1.54) is 0 Å².